The molecular formula is C28H33N7O. The number of anilines is 3. The molecule has 6 aliphatic rings. The second-order valence-electron chi connectivity index (χ2n) is 12.0. The fourth-order valence-electron chi connectivity index (χ4n) is 7.78. The van der Waals surface area contributed by atoms with Crippen LogP contribution in [0.4, 0.5) is 17.5 Å². The Morgan fingerprint density at radius 1 is 1.08 bits per heavy atom. The van der Waals surface area contributed by atoms with Crippen molar-refractivity contribution in [2.45, 2.75) is 76.3 Å². The summed E-state index contributed by atoms with van der Waals surface area (Å²) >= 11 is 0. The Morgan fingerprint density at radius 2 is 1.89 bits per heavy atom. The molecule has 0 radical (unpaired) electrons. The fraction of sp³-hybridized carbons (Fsp3) is 0.607. The highest BCUT2D eigenvalue weighted by atomic mass is 16.2. The molecule has 8 rings (SSSR count). The largest absolute Gasteiger partial charge is 0.350 e. The summed E-state index contributed by atoms with van der Waals surface area (Å²) in [6.07, 6.45) is 11.3. The van der Waals surface area contributed by atoms with E-state index >= 15 is 0 Å². The highest BCUT2D eigenvalue weighted by Crippen LogP contribution is 2.60. The smallest absolute Gasteiger partial charge is 0.229 e. The van der Waals surface area contributed by atoms with Gasteiger partial charge >= 0.3 is 0 Å². The molecule has 0 unspecified atom stereocenters. The molecule has 2 aliphatic heterocycles. The van der Waals surface area contributed by atoms with Crippen molar-refractivity contribution in [1.82, 2.24) is 19.9 Å². The average molecular weight is 484 g/mol. The van der Waals surface area contributed by atoms with Gasteiger partial charge in [0.05, 0.1) is 11.6 Å². The molecule has 0 N–H and O–H groups in total. The molecule has 2 bridgehead atoms. The van der Waals surface area contributed by atoms with Crippen molar-refractivity contribution in [3.63, 3.8) is 0 Å². The molecule has 0 aromatic carbocycles. The van der Waals surface area contributed by atoms with Crippen molar-refractivity contribution in [2.24, 2.45) is 11.3 Å². The number of hydrogen-bond donors (Lipinski definition) is 0. The minimum absolute atomic E-state index is 0.0237. The van der Waals surface area contributed by atoms with E-state index in [1.54, 1.807) is 18.6 Å². The van der Waals surface area contributed by atoms with Gasteiger partial charge in [0.25, 0.3) is 0 Å². The zero-order valence-corrected chi connectivity index (χ0v) is 21.2. The van der Waals surface area contributed by atoms with Gasteiger partial charge in [0.1, 0.15) is 23.8 Å². The first-order valence-electron chi connectivity index (χ1n) is 13.5. The van der Waals surface area contributed by atoms with E-state index in [0.29, 0.717) is 11.5 Å². The number of fused-ring (bicyclic) bond motifs is 3. The van der Waals surface area contributed by atoms with Crippen molar-refractivity contribution in [3.05, 3.63) is 35.8 Å². The predicted molar refractivity (Wildman–Crippen MR) is 136 cm³/mol. The first kappa shape index (κ1) is 22.0. The molecule has 5 fully saturated rings. The molecule has 8 heteroatoms. The van der Waals surface area contributed by atoms with Crippen molar-refractivity contribution in [2.75, 3.05) is 29.4 Å². The third kappa shape index (κ3) is 2.98. The van der Waals surface area contributed by atoms with E-state index in [9.17, 15) is 10.1 Å². The van der Waals surface area contributed by atoms with Crippen LogP contribution in [-0.2, 0) is 10.2 Å². The van der Waals surface area contributed by atoms with Gasteiger partial charge in [0.15, 0.2) is 0 Å². The van der Waals surface area contributed by atoms with Gasteiger partial charge < -0.3 is 14.7 Å². The zero-order chi connectivity index (χ0) is 24.7. The zero-order valence-electron chi connectivity index (χ0n) is 21.2. The molecule has 2 aromatic heterocycles. The van der Waals surface area contributed by atoms with Crippen LogP contribution < -0.4 is 9.80 Å². The SMILES string of the molecule is C[C@@H]1CN(c2ncnc3c2C2(CCC2)CN3c2cc(C#N)ccn2)[C@@H](C)CN1C(=O)C12CCC(C1)C2. The Bertz CT molecular complexity index is 1270. The number of pyridine rings is 1. The van der Waals surface area contributed by atoms with Crippen LogP contribution in [0.2, 0.25) is 0 Å². The van der Waals surface area contributed by atoms with E-state index in [2.05, 4.69) is 39.6 Å². The van der Waals surface area contributed by atoms with Crippen LogP contribution in [0.15, 0.2) is 24.7 Å². The van der Waals surface area contributed by atoms with E-state index in [0.717, 1.165) is 75.1 Å². The number of carbonyl (C=O) groups is 1. The normalized spacial score (nSPS) is 31.6. The standard InChI is InChI=1S/C28H33N7O/c1-18-15-34(26(36)28-8-4-21(11-28)12-28)19(2)14-33(18)24-23-25(32-17-31-24)35(16-27(23)6-3-7-27)22-10-20(13-29)5-9-30-22/h5,9-10,17-19,21H,3-4,6-8,11-12,14-16H2,1-2H3/t18-,19+,21?,28?/m0/s1. The Balaban J connectivity index is 1.22. The first-order chi connectivity index (χ1) is 17.4. The van der Waals surface area contributed by atoms with Gasteiger partial charge in [-0.15, -0.1) is 0 Å². The predicted octanol–water partition coefficient (Wildman–Crippen LogP) is 3.93. The highest BCUT2D eigenvalue weighted by molar-refractivity contribution is 5.85. The number of amides is 1. The second-order valence-corrected chi connectivity index (χ2v) is 12.0. The Morgan fingerprint density at radius 3 is 2.58 bits per heavy atom. The van der Waals surface area contributed by atoms with Gasteiger partial charge in [-0.1, -0.05) is 6.42 Å². The number of aromatic nitrogens is 3. The average Bonchev–Trinajstić information content (AvgIpc) is 3.56. The molecule has 1 saturated heterocycles. The maximum Gasteiger partial charge on any atom is 0.229 e. The van der Waals surface area contributed by atoms with Crippen LogP contribution in [0.1, 0.15) is 69.9 Å². The van der Waals surface area contributed by atoms with Crippen LogP contribution in [0.3, 0.4) is 0 Å². The van der Waals surface area contributed by atoms with Crippen LogP contribution in [-0.4, -0.2) is 57.5 Å². The summed E-state index contributed by atoms with van der Waals surface area (Å²) in [6.45, 7) is 6.78. The lowest BCUT2D eigenvalue weighted by Crippen LogP contribution is -2.62. The number of hydrogen-bond acceptors (Lipinski definition) is 7. The summed E-state index contributed by atoms with van der Waals surface area (Å²) in [7, 11) is 0. The number of piperazine rings is 1. The Labute approximate surface area is 212 Å². The lowest BCUT2D eigenvalue weighted by Gasteiger charge is -2.50. The molecule has 186 valence electrons. The lowest BCUT2D eigenvalue weighted by atomic mass is 9.66. The first-order valence-corrected chi connectivity index (χ1v) is 13.5. The third-order valence-corrected chi connectivity index (χ3v) is 9.88. The summed E-state index contributed by atoms with van der Waals surface area (Å²) < 4.78 is 0. The summed E-state index contributed by atoms with van der Waals surface area (Å²) in [4.78, 5) is 34.6. The van der Waals surface area contributed by atoms with E-state index in [1.807, 2.05) is 6.07 Å². The maximum absolute atomic E-state index is 13.6. The monoisotopic (exact) mass is 483 g/mol. The fourth-order valence-corrected chi connectivity index (χ4v) is 7.78. The summed E-state index contributed by atoms with van der Waals surface area (Å²) in [6, 6.07) is 6.16. The van der Waals surface area contributed by atoms with Gasteiger partial charge in [-0.2, -0.15) is 5.26 Å². The number of nitriles is 1. The Hall–Kier alpha value is -3.21. The molecule has 2 atom stereocenters. The Kier molecular flexibility index (Phi) is 4.68. The summed E-state index contributed by atoms with van der Waals surface area (Å²) in [5, 5.41) is 9.42. The van der Waals surface area contributed by atoms with Crippen LogP contribution in [0, 0.1) is 22.7 Å². The summed E-state index contributed by atoms with van der Waals surface area (Å²) in [5.74, 6) is 3.90. The van der Waals surface area contributed by atoms with Gasteiger partial charge in [0, 0.05) is 54.3 Å². The molecule has 1 spiro atoms. The van der Waals surface area contributed by atoms with Gasteiger partial charge in [-0.3, -0.25) is 4.79 Å². The number of rotatable bonds is 3. The molecule has 4 aliphatic carbocycles. The molecule has 4 heterocycles. The summed E-state index contributed by atoms with van der Waals surface area (Å²) in [5.41, 5.74) is 1.80. The van der Waals surface area contributed by atoms with E-state index < -0.39 is 0 Å². The van der Waals surface area contributed by atoms with Crippen molar-refractivity contribution in [1.29, 1.82) is 5.26 Å². The topological polar surface area (TPSA) is 89.2 Å². The minimum Gasteiger partial charge on any atom is -0.350 e. The van der Waals surface area contributed by atoms with Gasteiger partial charge in [0.2, 0.25) is 5.91 Å². The number of nitrogens with zero attached hydrogens (tertiary/aromatic N) is 7. The second kappa shape index (κ2) is 7.64. The van der Waals surface area contributed by atoms with Crippen LogP contribution in [0.5, 0.6) is 0 Å². The van der Waals surface area contributed by atoms with Crippen molar-refractivity contribution < 1.29 is 4.79 Å². The third-order valence-electron chi connectivity index (χ3n) is 9.88. The van der Waals surface area contributed by atoms with Crippen LogP contribution >= 0.6 is 0 Å². The molecule has 36 heavy (non-hydrogen) atoms. The quantitative estimate of drug-likeness (QED) is 0.653. The van der Waals surface area contributed by atoms with Crippen molar-refractivity contribution in [3.8, 4) is 6.07 Å². The number of carbonyl (C=O) groups excluding carboxylic acids is 1. The molecule has 8 nitrogen and oxygen atoms in total. The highest BCUT2D eigenvalue weighted by Gasteiger charge is 2.57. The maximum atomic E-state index is 13.6. The van der Waals surface area contributed by atoms with Gasteiger partial charge in [-0.05, 0) is 70.4 Å². The molecule has 4 saturated carbocycles. The van der Waals surface area contributed by atoms with E-state index in [1.165, 1.54) is 18.4 Å². The van der Waals surface area contributed by atoms with E-state index in [-0.39, 0.29) is 22.9 Å². The molecular weight excluding hydrogens is 450 g/mol. The lowest BCUT2D eigenvalue weighted by molar-refractivity contribution is -0.149. The van der Waals surface area contributed by atoms with E-state index in [4.69, 9.17) is 9.97 Å². The van der Waals surface area contributed by atoms with Crippen molar-refractivity contribution >= 4 is 23.4 Å². The molecule has 1 amide bonds. The minimum atomic E-state index is -0.0571. The van der Waals surface area contributed by atoms with Crippen LogP contribution in [0.25, 0.3) is 0 Å². The van der Waals surface area contributed by atoms with Gasteiger partial charge in [-0.25, -0.2) is 15.0 Å². The molecule has 2 aromatic rings.